The third-order valence-electron chi connectivity index (χ3n) is 4.05. The summed E-state index contributed by atoms with van der Waals surface area (Å²) in [4.78, 5) is 0.0610. The minimum Gasteiger partial charge on any atom is -0.282 e. The molecule has 0 aliphatic carbocycles. The Labute approximate surface area is 160 Å². The fourth-order valence-corrected chi connectivity index (χ4v) is 3.52. The quantitative estimate of drug-likeness (QED) is 0.396. The van der Waals surface area contributed by atoms with Gasteiger partial charge in [0.05, 0.1) is 4.90 Å². The van der Waals surface area contributed by atoms with Crippen molar-refractivity contribution in [3.05, 3.63) is 29.8 Å². The van der Waals surface area contributed by atoms with Crippen LogP contribution in [0.5, 0.6) is 0 Å². The molecule has 0 heterocycles. The monoisotopic (exact) mass is 371 g/mol. The van der Waals surface area contributed by atoms with Gasteiger partial charge in [-0.15, -0.1) is 0 Å². The van der Waals surface area contributed by atoms with Crippen LogP contribution in [0, 0.1) is 0 Å². The van der Waals surface area contributed by atoms with Gasteiger partial charge in [-0.2, -0.15) is 8.42 Å². The van der Waals surface area contributed by atoms with Crippen LogP contribution in [0.3, 0.4) is 0 Å². The first-order valence-electron chi connectivity index (χ1n) is 8.61. The van der Waals surface area contributed by atoms with Gasteiger partial charge >= 0.3 is 0 Å². The number of aryl methyl sites for hydroxylation is 1. The van der Waals surface area contributed by atoms with Crippen LogP contribution in [-0.2, 0) is 42.4 Å². The molecule has 1 aromatic carbocycles. The van der Waals surface area contributed by atoms with Crippen LogP contribution in [-0.4, -0.2) is 13.0 Å². The van der Waals surface area contributed by atoms with Gasteiger partial charge in [0.2, 0.25) is 0 Å². The van der Waals surface area contributed by atoms with Crippen LogP contribution in [0.1, 0.15) is 76.7 Å². The number of benzene rings is 1. The van der Waals surface area contributed by atoms with E-state index in [1.807, 2.05) is 6.07 Å². The minimum atomic E-state index is -4.10. The van der Waals surface area contributed by atoms with Crippen molar-refractivity contribution >= 4 is 10.1 Å². The van der Waals surface area contributed by atoms with E-state index in [0.29, 0.717) is 6.42 Å². The molecule has 23 heavy (non-hydrogen) atoms. The van der Waals surface area contributed by atoms with Crippen molar-refractivity contribution in [2.45, 2.75) is 82.4 Å². The van der Waals surface area contributed by atoms with E-state index in [1.165, 1.54) is 57.4 Å². The molecule has 1 radical (unpaired) electrons. The average Bonchev–Trinajstić information content (AvgIpc) is 2.48. The number of rotatable bonds is 12. The molecule has 129 valence electrons. The Balaban J connectivity index is 0.00000484. The van der Waals surface area contributed by atoms with Gasteiger partial charge in [-0.05, 0) is 24.5 Å². The molecule has 0 bridgehead atoms. The van der Waals surface area contributed by atoms with Crippen molar-refractivity contribution in [1.82, 2.24) is 0 Å². The van der Waals surface area contributed by atoms with Gasteiger partial charge < -0.3 is 0 Å². The maximum atomic E-state index is 11.3. The van der Waals surface area contributed by atoms with Gasteiger partial charge in [-0.3, -0.25) is 4.55 Å². The maximum absolute atomic E-state index is 11.3. The zero-order chi connectivity index (χ0) is 16.3. The standard InChI is InChI=1S/C18H30O3S.Sc/c1-2-3-4-5-6-7-8-9-10-11-14-17-15-12-13-16-18(17)22(19,20)21;/h12-13,15-16H,2-11,14H2,1H3,(H,19,20,21);. The van der Waals surface area contributed by atoms with E-state index in [-0.39, 0.29) is 30.7 Å². The Morgan fingerprint density at radius 3 is 1.83 bits per heavy atom. The summed E-state index contributed by atoms with van der Waals surface area (Å²) in [5.74, 6) is 0. The van der Waals surface area contributed by atoms with Crippen LogP contribution in [0.2, 0.25) is 0 Å². The van der Waals surface area contributed by atoms with Gasteiger partial charge in [0.25, 0.3) is 10.1 Å². The van der Waals surface area contributed by atoms with Crippen LogP contribution in [0.15, 0.2) is 29.2 Å². The van der Waals surface area contributed by atoms with Gasteiger partial charge in [-0.25, -0.2) is 0 Å². The molecule has 0 aliphatic rings. The normalized spacial score (nSPS) is 11.2. The third kappa shape index (κ3) is 10.5. The van der Waals surface area contributed by atoms with Crippen LogP contribution in [0.4, 0.5) is 0 Å². The van der Waals surface area contributed by atoms with Crippen molar-refractivity contribution in [2.24, 2.45) is 0 Å². The molecule has 0 amide bonds. The summed E-state index contributed by atoms with van der Waals surface area (Å²) >= 11 is 0. The summed E-state index contributed by atoms with van der Waals surface area (Å²) in [6, 6.07) is 6.73. The van der Waals surface area contributed by atoms with E-state index in [0.717, 1.165) is 18.4 Å². The van der Waals surface area contributed by atoms with E-state index in [9.17, 15) is 13.0 Å². The van der Waals surface area contributed by atoms with Gasteiger partial charge in [0.1, 0.15) is 0 Å². The summed E-state index contributed by atoms with van der Waals surface area (Å²) in [6.45, 7) is 2.24. The van der Waals surface area contributed by atoms with Gasteiger partial charge in [-0.1, -0.05) is 82.9 Å². The van der Waals surface area contributed by atoms with Gasteiger partial charge in [0, 0.05) is 25.8 Å². The molecular formula is C18H30O3SSc. The van der Waals surface area contributed by atoms with E-state index in [2.05, 4.69) is 6.92 Å². The molecule has 1 N–H and O–H groups in total. The molecule has 0 unspecified atom stereocenters. The van der Waals surface area contributed by atoms with Crippen molar-refractivity contribution in [3.8, 4) is 0 Å². The van der Waals surface area contributed by atoms with Crippen molar-refractivity contribution in [3.63, 3.8) is 0 Å². The average molecular weight is 371 g/mol. The SMILES string of the molecule is CCCCCCCCCCCCc1ccccc1S(=O)(=O)O.[Sc]. The Bertz CT molecular complexity index is 515. The predicted octanol–water partition coefficient (Wildman–Crippen LogP) is 5.39. The zero-order valence-electron chi connectivity index (χ0n) is 14.3. The fraction of sp³-hybridized carbons (Fsp3) is 0.667. The van der Waals surface area contributed by atoms with Crippen LogP contribution in [0.25, 0.3) is 0 Å². The summed E-state index contributed by atoms with van der Waals surface area (Å²) in [7, 11) is -4.10. The van der Waals surface area contributed by atoms with Crippen molar-refractivity contribution < 1.29 is 38.8 Å². The molecule has 0 aliphatic heterocycles. The van der Waals surface area contributed by atoms with Gasteiger partial charge in [0.15, 0.2) is 0 Å². The van der Waals surface area contributed by atoms with E-state index in [1.54, 1.807) is 12.1 Å². The molecule has 0 atom stereocenters. The molecule has 0 saturated carbocycles. The molecule has 1 rings (SSSR count). The zero-order valence-corrected chi connectivity index (χ0v) is 17.0. The number of unbranched alkanes of at least 4 members (excludes halogenated alkanes) is 9. The number of hydrogen-bond donors (Lipinski definition) is 1. The minimum absolute atomic E-state index is 0. The molecule has 0 aromatic heterocycles. The second kappa shape index (κ2) is 13.3. The summed E-state index contributed by atoms with van der Waals surface area (Å²) in [5, 5.41) is 0. The smallest absolute Gasteiger partial charge is 0.282 e. The Morgan fingerprint density at radius 2 is 1.30 bits per heavy atom. The van der Waals surface area contributed by atoms with E-state index >= 15 is 0 Å². The van der Waals surface area contributed by atoms with Crippen molar-refractivity contribution in [1.29, 1.82) is 0 Å². The first-order valence-corrected chi connectivity index (χ1v) is 10.0. The Morgan fingerprint density at radius 1 is 0.826 bits per heavy atom. The molecule has 0 fully saturated rings. The summed E-state index contributed by atoms with van der Waals surface area (Å²) < 4.78 is 31.8. The largest absolute Gasteiger partial charge is 0.294 e. The first kappa shape index (κ1) is 23.0. The second-order valence-electron chi connectivity index (χ2n) is 6.01. The van der Waals surface area contributed by atoms with Crippen LogP contribution < -0.4 is 0 Å². The predicted molar refractivity (Wildman–Crippen MR) is 91.8 cm³/mol. The number of hydrogen-bond acceptors (Lipinski definition) is 2. The van der Waals surface area contributed by atoms with Crippen molar-refractivity contribution in [2.75, 3.05) is 0 Å². The molecule has 0 spiro atoms. The first-order chi connectivity index (χ1) is 10.6. The third-order valence-corrected chi connectivity index (χ3v) is 5.00. The molecule has 0 saturated heterocycles. The second-order valence-corrected chi connectivity index (χ2v) is 7.40. The summed E-state index contributed by atoms with van der Waals surface area (Å²) in [5.41, 5.74) is 0.726. The fourth-order valence-electron chi connectivity index (χ4n) is 2.76. The Hall–Kier alpha value is 0.000130. The van der Waals surface area contributed by atoms with E-state index < -0.39 is 10.1 Å². The molecule has 1 aromatic rings. The molecular weight excluding hydrogens is 341 g/mol. The topological polar surface area (TPSA) is 54.4 Å². The van der Waals surface area contributed by atoms with Crippen LogP contribution >= 0.6 is 0 Å². The maximum Gasteiger partial charge on any atom is 0.294 e. The molecule has 5 heteroatoms. The Kier molecular flexibility index (Phi) is 13.3. The van der Waals surface area contributed by atoms with E-state index in [4.69, 9.17) is 0 Å². The summed E-state index contributed by atoms with van der Waals surface area (Å²) in [6.07, 6.45) is 13.3. The molecule has 3 nitrogen and oxygen atoms in total.